The third-order valence-electron chi connectivity index (χ3n) is 2.03. The van der Waals surface area contributed by atoms with Gasteiger partial charge in [0.15, 0.2) is 11.0 Å². The number of carbonyl (C=O) groups excluding carboxylic acids is 1. The zero-order valence-electron chi connectivity index (χ0n) is 7.51. The molecule has 15 heavy (non-hydrogen) atoms. The smallest absolute Gasteiger partial charge is 0.277 e. The molecule has 2 rings (SSSR count). The van der Waals surface area contributed by atoms with Crippen LogP contribution in [0, 0.1) is 0 Å². The Kier molecular flexibility index (Phi) is 2.13. The van der Waals surface area contributed by atoms with Crippen LogP contribution in [0.4, 0.5) is 0 Å². The zero-order chi connectivity index (χ0) is 11.1. The quantitative estimate of drug-likeness (QED) is 0.673. The van der Waals surface area contributed by atoms with Crippen LogP contribution in [0.1, 0.15) is 10.8 Å². The van der Waals surface area contributed by atoms with Crippen molar-refractivity contribution in [3.8, 4) is 5.75 Å². The number of amides is 1. The molecule has 1 aliphatic heterocycles. The van der Waals surface area contributed by atoms with Gasteiger partial charge in [0, 0.05) is 5.56 Å². The first-order valence-corrected chi connectivity index (χ1v) is 5.68. The highest BCUT2D eigenvalue weighted by Crippen LogP contribution is 2.31. The van der Waals surface area contributed by atoms with E-state index in [2.05, 4.69) is 0 Å². The summed E-state index contributed by atoms with van der Waals surface area (Å²) in [4.78, 5) is 16.1. The number of hydrogen-bond donors (Lipinski definition) is 2. The third-order valence-corrected chi connectivity index (χ3v) is 3.15. The third kappa shape index (κ3) is 1.66. The lowest BCUT2D eigenvalue weighted by Gasteiger charge is -2.22. The minimum atomic E-state index is -3.98. The second kappa shape index (κ2) is 3.21. The summed E-state index contributed by atoms with van der Waals surface area (Å²) >= 11 is 0. The van der Waals surface area contributed by atoms with Crippen LogP contribution in [0.25, 0.3) is 0 Å². The van der Waals surface area contributed by atoms with Crippen molar-refractivity contribution >= 4 is 15.9 Å². The fourth-order valence-corrected chi connectivity index (χ4v) is 2.31. The number of hydroxylamine groups is 1. The molecule has 6 nitrogen and oxygen atoms in total. The fourth-order valence-electron chi connectivity index (χ4n) is 1.42. The molecule has 0 aliphatic carbocycles. The van der Waals surface area contributed by atoms with Crippen LogP contribution in [0.5, 0.6) is 5.75 Å². The minimum absolute atomic E-state index is 0.253. The number of benzene rings is 1. The zero-order valence-corrected chi connectivity index (χ0v) is 8.32. The molecule has 1 atom stereocenters. The second-order valence-electron chi connectivity index (χ2n) is 3.08. The molecule has 0 saturated heterocycles. The van der Waals surface area contributed by atoms with E-state index in [-0.39, 0.29) is 11.3 Å². The van der Waals surface area contributed by atoms with Crippen molar-refractivity contribution in [3.05, 3.63) is 29.8 Å². The molecule has 1 aromatic rings. The highest BCUT2D eigenvalue weighted by Gasteiger charge is 2.37. The molecule has 0 spiro atoms. The molecule has 0 aromatic heterocycles. The number of carbonyl (C=O) groups is 1. The van der Waals surface area contributed by atoms with Crippen molar-refractivity contribution in [2.24, 2.45) is 5.14 Å². The normalized spacial score (nSPS) is 20.1. The van der Waals surface area contributed by atoms with Gasteiger partial charge in [-0.25, -0.2) is 13.6 Å². The number of para-hydroxylation sites is 1. The lowest BCUT2D eigenvalue weighted by Crippen LogP contribution is -2.42. The molecule has 1 aromatic carbocycles. The molecular weight excluding hydrogens is 220 g/mol. The van der Waals surface area contributed by atoms with Gasteiger partial charge in [0.25, 0.3) is 5.91 Å². The molecule has 7 heteroatoms. The van der Waals surface area contributed by atoms with Crippen LogP contribution in [0.15, 0.2) is 24.3 Å². The summed E-state index contributed by atoms with van der Waals surface area (Å²) in [5, 5.41) is 3.57. The first kappa shape index (κ1) is 9.94. The molecule has 0 saturated carbocycles. The number of nitrogens with one attached hydrogen (secondary N) is 1. The first-order chi connectivity index (χ1) is 7.00. The van der Waals surface area contributed by atoms with Gasteiger partial charge in [-0.05, 0) is 6.07 Å². The van der Waals surface area contributed by atoms with Crippen LogP contribution in [-0.2, 0) is 14.8 Å². The molecule has 1 heterocycles. The summed E-state index contributed by atoms with van der Waals surface area (Å²) in [5.41, 5.74) is 2.25. The predicted molar refractivity (Wildman–Crippen MR) is 51.1 cm³/mol. The van der Waals surface area contributed by atoms with E-state index in [1.54, 1.807) is 18.2 Å². The van der Waals surface area contributed by atoms with E-state index in [0.29, 0.717) is 0 Å². The van der Waals surface area contributed by atoms with E-state index in [1.807, 2.05) is 5.48 Å². The topological polar surface area (TPSA) is 98.5 Å². The SMILES string of the molecule is NS(=O)(=O)C1C(=O)NOc2ccccc21. The number of primary sulfonamides is 1. The first-order valence-electron chi connectivity index (χ1n) is 4.07. The van der Waals surface area contributed by atoms with Gasteiger partial charge < -0.3 is 4.84 Å². The number of fused-ring (bicyclic) bond motifs is 1. The molecule has 3 N–H and O–H groups in total. The maximum absolute atomic E-state index is 11.3. The van der Waals surface area contributed by atoms with Crippen molar-refractivity contribution in [2.75, 3.05) is 0 Å². The Bertz CT molecular complexity index is 511. The van der Waals surface area contributed by atoms with E-state index in [9.17, 15) is 13.2 Å². The summed E-state index contributed by atoms with van der Waals surface area (Å²) in [6, 6.07) is 6.31. The summed E-state index contributed by atoms with van der Waals surface area (Å²) in [5.74, 6) is -0.493. The summed E-state index contributed by atoms with van der Waals surface area (Å²) in [6.45, 7) is 0. The van der Waals surface area contributed by atoms with E-state index < -0.39 is 21.2 Å². The maximum Gasteiger partial charge on any atom is 0.277 e. The van der Waals surface area contributed by atoms with Crippen LogP contribution < -0.4 is 15.5 Å². The van der Waals surface area contributed by atoms with Crippen molar-refractivity contribution in [3.63, 3.8) is 0 Å². The van der Waals surface area contributed by atoms with Crippen LogP contribution in [-0.4, -0.2) is 14.3 Å². The van der Waals surface area contributed by atoms with Gasteiger partial charge in [0.05, 0.1) is 0 Å². The Hall–Kier alpha value is -1.60. The van der Waals surface area contributed by atoms with E-state index in [4.69, 9.17) is 9.98 Å². The van der Waals surface area contributed by atoms with E-state index >= 15 is 0 Å². The van der Waals surface area contributed by atoms with Gasteiger partial charge in [-0.2, -0.15) is 5.48 Å². The summed E-state index contributed by atoms with van der Waals surface area (Å²) < 4.78 is 22.4. The lowest BCUT2D eigenvalue weighted by atomic mass is 10.1. The standard InChI is InChI=1S/C8H8N2O4S/c9-15(12,13)7-5-3-1-2-4-6(5)14-10-8(7)11/h1-4,7H,(H,10,11)(H2,9,12,13). The molecular formula is C8H8N2O4S. The Balaban J connectivity index is 2.61. The molecule has 0 bridgehead atoms. The Morgan fingerprint density at radius 2 is 2.00 bits per heavy atom. The van der Waals surface area contributed by atoms with Gasteiger partial charge in [-0.1, -0.05) is 18.2 Å². The van der Waals surface area contributed by atoms with Crippen LogP contribution >= 0.6 is 0 Å². The predicted octanol–water partition coefficient (Wildman–Crippen LogP) is -0.560. The Morgan fingerprint density at radius 1 is 1.33 bits per heavy atom. The molecule has 1 amide bonds. The molecule has 80 valence electrons. The molecule has 1 unspecified atom stereocenters. The van der Waals surface area contributed by atoms with Crippen molar-refractivity contribution in [2.45, 2.75) is 5.25 Å². The van der Waals surface area contributed by atoms with Gasteiger partial charge in [-0.15, -0.1) is 0 Å². The Labute approximate surface area is 86.0 Å². The summed E-state index contributed by atoms with van der Waals surface area (Å²) in [7, 11) is -3.98. The van der Waals surface area contributed by atoms with Crippen LogP contribution in [0.2, 0.25) is 0 Å². The van der Waals surface area contributed by atoms with Crippen molar-refractivity contribution < 1.29 is 18.0 Å². The average Bonchev–Trinajstić information content (AvgIpc) is 2.15. The Morgan fingerprint density at radius 3 is 2.67 bits per heavy atom. The van der Waals surface area contributed by atoms with Gasteiger partial charge in [0.1, 0.15) is 0 Å². The highest BCUT2D eigenvalue weighted by molar-refractivity contribution is 7.90. The highest BCUT2D eigenvalue weighted by atomic mass is 32.2. The monoisotopic (exact) mass is 228 g/mol. The maximum atomic E-state index is 11.3. The van der Waals surface area contributed by atoms with E-state index in [1.165, 1.54) is 6.07 Å². The number of nitrogens with two attached hydrogens (primary N) is 1. The van der Waals surface area contributed by atoms with Gasteiger partial charge >= 0.3 is 0 Å². The number of hydrogen-bond acceptors (Lipinski definition) is 4. The minimum Gasteiger partial charge on any atom is -0.379 e. The van der Waals surface area contributed by atoms with Crippen molar-refractivity contribution in [1.29, 1.82) is 0 Å². The second-order valence-corrected chi connectivity index (χ2v) is 4.72. The fraction of sp³-hybridized carbons (Fsp3) is 0.125. The van der Waals surface area contributed by atoms with Gasteiger partial charge in [0.2, 0.25) is 10.0 Å². The van der Waals surface area contributed by atoms with Crippen LogP contribution in [0.3, 0.4) is 0 Å². The van der Waals surface area contributed by atoms with E-state index in [0.717, 1.165) is 0 Å². The number of rotatable bonds is 1. The average molecular weight is 228 g/mol. The molecule has 0 radical (unpaired) electrons. The largest absolute Gasteiger partial charge is 0.379 e. The number of sulfonamides is 1. The molecule has 0 fully saturated rings. The van der Waals surface area contributed by atoms with Gasteiger partial charge in [-0.3, -0.25) is 4.79 Å². The van der Waals surface area contributed by atoms with Crippen molar-refractivity contribution in [1.82, 2.24) is 5.48 Å². The molecule has 1 aliphatic rings. The summed E-state index contributed by atoms with van der Waals surface area (Å²) in [6.07, 6.45) is 0. The lowest BCUT2D eigenvalue weighted by molar-refractivity contribution is -0.128.